The van der Waals surface area contributed by atoms with Gasteiger partial charge >= 0.3 is 5.97 Å². The van der Waals surface area contributed by atoms with Gasteiger partial charge in [-0.2, -0.15) is 0 Å². The van der Waals surface area contributed by atoms with Gasteiger partial charge in [-0.15, -0.1) is 0 Å². The third-order valence-electron chi connectivity index (χ3n) is 3.74. The lowest BCUT2D eigenvalue weighted by atomic mass is 10.1. The standard InChI is InChI=1S/C20H17ClO5/c1-3-24-20(23)12(2)25-15-8-9-16-17(11-15)26-18(19(16)22)10-13-4-6-14(21)7-5-13/h4-12H,3H2,1-2H3/b18-10-. The van der Waals surface area contributed by atoms with Crippen LogP contribution in [0.2, 0.25) is 5.02 Å². The van der Waals surface area contributed by atoms with Crippen molar-refractivity contribution in [2.24, 2.45) is 0 Å². The van der Waals surface area contributed by atoms with Crippen LogP contribution in [0.5, 0.6) is 11.5 Å². The van der Waals surface area contributed by atoms with Crippen molar-refractivity contribution in [2.45, 2.75) is 20.0 Å². The summed E-state index contributed by atoms with van der Waals surface area (Å²) in [4.78, 5) is 24.1. The molecule has 0 aromatic heterocycles. The lowest BCUT2D eigenvalue weighted by molar-refractivity contribution is -0.150. The fraction of sp³-hybridized carbons (Fsp3) is 0.200. The molecule has 1 unspecified atom stereocenters. The van der Waals surface area contributed by atoms with Crippen LogP contribution in [0.15, 0.2) is 48.2 Å². The molecule has 0 saturated carbocycles. The molecule has 1 aliphatic heterocycles. The van der Waals surface area contributed by atoms with E-state index in [4.69, 9.17) is 25.8 Å². The number of rotatable bonds is 5. The first-order valence-electron chi connectivity index (χ1n) is 8.15. The van der Waals surface area contributed by atoms with E-state index in [1.54, 1.807) is 62.4 Å². The number of carbonyl (C=O) groups is 2. The van der Waals surface area contributed by atoms with Gasteiger partial charge in [-0.05, 0) is 49.8 Å². The Labute approximate surface area is 156 Å². The molecule has 0 bridgehead atoms. The third kappa shape index (κ3) is 3.89. The molecule has 1 heterocycles. The van der Waals surface area contributed by atoms with Crippen LogP contribution in [0.4, 0.5) is 0 Å². The third-order valence-corrected chi connectivity index (χ3v) is 3.99. The van der Waals surface area contributed by atoms with E-state index in [1.165, 1.54) is 0 Å². The van der Waals surface area contributed by atoms with E-state index in [0.717, 1.165) is 5.56 Å². The SMILES string of the molecule is CCOC(=O)C(C)Oc1ccc2c(c1)O/C(=C\c1ccc(Cl)cc1)C2=O. The normalized spacial score (nSPS) is 15.3. The first-order valence-corrected chi connectivity index (χ1v) is 8.53. The Bertz CT molecular complexity index is 870. The first kappa shape index (κ1) is 18.0. The summed E-state index contributed by atoms with van der Waals surface area (Å²) in [6.45, 7) is 3.62. The topological polar surface area (TPSA) is 61.8 Å². The maximum atomic E-state index is 12.5. The smallest absolute Gasteiger partial charge is 0.347 e. The van der Waals surface area contributed by atoms with E-state index >= 15 is 0 Å². The van der Waals surface area contributed by atoms with Gasteiger partial charge < -0.3 is 14.2 Å². The van der Waals surface area contributed by atoms with Gasteiger partial charge in [-0.25, -0.2) is 4.79 Å². The number of hydrogen-bond acceptors (Lipinski definition) is 5. The van der Waals surface area contributed by atoms with Crippen LogP contribution in [0, 0.1) is 0 Å². The van der Waals surface area contributed by atoms with E-state index in [9.17, 15) is 9.59 Å². The second-order valence-electron chi connectivity index (χ2n) is 5.66. The highest BCUT2D eigenvalue weighted by molar-refractivity contribution is 6.30. The van der Waals surface area contributed by atoms with Gasteiger partial charge in [0.2, 0.25) is 5.78 Å². The highest BCUT2D eigenvalue weighted by Gasteiger charge is 2.28. The average molecular weight is 373 g/mol. The van der Waals surface area contributed by atoms with Crippen LogP contribution >= 0.6 is 11.6 Å². The Balaban J connectivity index is 1.77. The molecule has 134 valence electrons. The number of esters is 1. The highest BCUT2D eigenvalue weighted by Crippen LogP contribution is 2.35. The zero-order chi connectivity index (χ0) is 18.7. The van der Waals surface area contributed by atoms with Crippen molar-refractivity contribution in [2.75, 3.05) is 6.61 Å². The molecule has 6 heteroatoms. The zero-order valence-electron chi connectivity index (χ0n) is 14.3. The molecule has 2 aromatic carbocycles. The molecular formula is C20H17ClO5. The van der Waals surface area contributed by atoms with Crippen molar-refractivity contribution in [1.29, 1.82) is 0 Å². The summed E-state index contributed by atoms with van der Waals surface area (Å²) < 4.78 is 16.1. The number of Topliss-reactive ketones (excluding diaryl/α,β-unsaturated/α-hetero) is 1. The molecule has 3 rings (SSSR count). The molecule has 0 saturated heterocycles. The number of benzene rings is 2. The Morgan fingerprint density at radius 3 is 2.65 bits per heavy atom. The van der Waals surface area contributed by atoms with Crippen LogP contribution < -0.4 is 9.47 Å². The van der Waals surface area contributed by atoms with Gasteiger partial charge in [0.25, 0.3) is 0 Å². The first-order chi connectivity index (χ1) is 12.5. The Hall–Kier alpha value is -2.79. The number of allylic oxidation sites excluding steroid dienone is 1. The lowest BCUT2D eigenvalue weighted by Crippen LogP contribution is -2.26. The van der Waals surface area contributed by atoms with Crippen LogP contribution in [0.25, 0.3) is 6.08 Å². The molecule has 0 spiro atoms. The zero-order valence-corrected chi connectivity index (χ0v) is 15.1. The average Bonchev–Trinajstić information content (AvgIpc) is 2.92. The van der Waals surface area contributed by atoms with Gasteiger partial charge in [0.05, 0.1) is 12.2 Å². The summed E-state index contributed by atoms with van der Waals surface area (Å²) in [5.41, 5.74) is 1.25. The summed E-state index contributed by atoms with van der Waals surface area (Å²) in [6.07, 6.45) is 0.898. The molecule has 26 heavy (non-hydrogen) atoms. The van der Waals surface area contributed by atoms with Crippen molar-refractivity contribution in [3.05, 3.63) is 64.4 Å². The number of ether oxygens (including phenoxy) is 3. The van der Waals surface area contributed by atoms with Crippen molar-refractivity contribution >= 4 is 29.4 Å². The second kappa shape index (κ2) is 7.62. The fourth-order valence-corrected chi connectivity index (χ4v) is 2.59. The van der Waals surface area contributed by atoms with Crippen LogP contribution in [0.3, 0.4) is 0 Å². The van der Waals surface area contributed by atoms with Crippen LogP contribution in [-0.4, -0.2) is 24.5 Å². The van der Waals surface area contributed by atoms with Crippen molar-refractivity contribution in [1.82, 2.24) is 0 Å². The van der Waals surface area contributed by atoms with Crippen LogP contribution in [-0.2, 0) is 9.53 Å². The number of carbonyl (C=O) groups excluding carboxylic acids is 2. The maximum Gasteiger partial charge on any atom is 0.347 e. The quantitative estimate of drug-likeness (QED) is 0.579. The van der Waals surface area contributed by atoms with Gasteiger partial charge in [0.1, 0.15) is 11.5 Å². The molecule has 5 nitrogen and oxygen atoms in total. The molecule has 1 aliphatic rings. The van der Waals surface area contributed by atoms with E-state index in [-0.39, 0.29) is 18.1 Å². The molecule has 0 fully saturated rings. The highest BCUT2D eigenvalue weighted by atomic mass is 35.5. The van der Waals surface area contributed by atoms with Crippen molar-refractivity contribution in [3.8, 4) is 11.5 Å². The molecule has 0 N–H and O–H groups in total. The van der Waals surface area contributed by atoms with Crippen molar-refractivity contribution < 1.29 is 23.8 Å². The summed E-state index contributed by atoms with van der Waals surface area (Å²) in [7, 11) is 0. The Morgan fingerprint density at radius 2 is 1.96 bits per heavy atom. The predicted molar refractivity (Wildman–Crippen MR) is 97.6 cm³/mol. The maximum absolute atomic E-state index is 12.5. The summed E-state index contributed by atoms with van der Waals surface area (Å²) in [5.74, 6) is 0.375. The number of ketones is 1. The summed E-state index contributed by atoms with van der Waals surface area (Å²) in [5, 5.41) is 0.617. The number of halogens is 1. The minimum absolute atomic E-state index is 0.208. The molecular weight excluding hydrogens is 356 g/mol. The predicted octanol–water partition coefficient (Wildman–Crippen LogP) is 4.29. The van der Waals surface area contributed by atoms with E-state index < -0.39 is 12.1 Å². The van der Waals surface area contributed by atoms with E-state index in [1.807, 2.05) is 0 Å². The molecule has 1 atom stereocenters. The number of hydrogen-bond donors (Lipinski definition) is 0. The monoisotopic (exact) mass is 372 g/mol. The molecule has 0 radical (unpaired) electrons. The Kier molecular flexibility index (Phi) is 5.28. The molecule has 0 aliphatic carbocycles. The Morgan fingerprint density at radius 1 is 1.23 bits per heavy atom. The van der Waals surface area contributed by atoms with Gasteiger partial charge in [-0.1, -0.05) is 23.7 Å². The molecule has 2 aromatic rings. The second-order valence-corrected chi connectivity index (χ2v) is 6.10. The number of fused-ring (bicyclic) bond motifs is 1. The van der Waals surface area contributed by atoms with E-state index in [0.29, 0.717) is 22.1 Å². The minimum atomic E-state index is -0.755. The van der Waals surface area contributed by atoms with Gasteiger partial charge in [0.15, 0.2) is 11.9 Å². The van der Waals surface area contributed by atoms with Gasteiger partial charge in [-0.3, -0.25) is 4.79 Å². The van der Waals surface area contributed by atoms with Crippen LogP contribution in [0.1, 0.15) is 29.8 Å². The largest absolute Gasteiger partial charge is 0.479 e. The lowest BCUT2D eigenvalue weighted by Gasteiger charge is -2.13. The minimum Gasteiger partial charge on any atom is -0.479 e. The van der Waals surface area contributed by atoms with E-state index in [2.05, 4.69) is 0 Å². The molecule has 0 amide bonds. The van der Waals surface area contributed by atoms with Gasteiger partial charge in [0, 0.05) is 11.1 Å². The summed E-state index contributed by atoms with van der Waals surface area (Å²) >= 11 is 5.87. The van der Waals surface area contributed by atoms with Crippen molar-refractivity contribution in [3.63, 3.8) is 0 Å². The summed E-state index contributed by atoms with van der Waals surface area (Å²) in [6, 6.07) is 11.9. The fourth-order valence-electron chi connectivity index (χ4n) is 2.46.